The van der Waals surface area contributed by atoms with Gasteiger partial charge in [-0.3, -0.25) is 4.98 Å². The first kappa shape index (κ1) is 24.6. The molecule has 1 aliphatic carbocycles. The van der Waals surface area contributed by atoms with Gasteiger partial charge in [0.15, 0.2) is 5.11 Å². The Balaban J connectivity index is 1.41. The fourth-order valence-corrected chi connectivity index (χ4v) is 6.26. The maximum atomic E-state index is 6.23. The van der Waals surface area contributed by atoms with Crippen molar-refractivity contribution in [3.05, 3.63) is 101 Å². The molecular weight excluding hydrogens is 490 g/mol. The molecule has 0 radical (unpaired) electrons. The molecule has 1 saturated carbocycles. The van der Waals surface area contributed by atoms with Crippen molar-refractivity contribution in [3.63, 3.8) is 0 Å². The van der Waals surface area contributed by atoms with Gasteiger partial charge in [-0.25, -0.2) is 4.98 Å². The van der Waals surface area contributed by atoms with Crippen LogP contribution in [0.5, 0.6) is 5.75 Å². The van der Waals surface area contributed by atoms with Crippen LogP contribution in [0, 0.1) is 20.8 Å². The molecule has 0 unspecified atom stereocenters. The average Bonchev–Trinajstić information content (AvgIpc) is 3.63. The lowest BCUT2D eigenvalue weighted by atomic mass is 9.96. The largest absolute Gasteiger partial charge is 0.490 e. The number of rotatable bonds is 6. The van der Waals surface area contributed by atoms with Crippen molar-refractivity contribution in [1.82, 2.24) is 19.9 Å². The Bertz CT molecular complexity index is 1440. The highest BCUT2D eigenvalue weighted by Gasteiger charge is 2.42. The number of anilines is 1. The number of nitrogens with zero attached hydrogens (tertiary/aromatic N) is 4. The Morgan fingerprint density at radius 1 is 0.921 bits per heavy atom. The number of thiocarbonyl (C=S) groups is 1. The van der Waals surface area contributed by atoms with E-state index in [1.807, 2.05) is 30.6 Å². The Hall–Kier alpha value is -3.71. The van der Waals surface area contributed by atoms with Gasteiger partial charge in [-0.1, -0.05) is 6.07 Å². The number of pyridine rings is 2. The SMILES string of the molecule is Cc1ccnc(-n2c(C)cc([C@@H]3[C@H](c4ccccn4)NC(=S)N3c3ccc(OC4CCCC4)cc3)c2C)c1. The van der Waals surface area contributed by atoms with Crippen molar-refractivity contribution >= 4 is 23.0 Å². The van der Waals surface area contributed by atoms with Crippen LogP contribution in [-0.4, -0.2) is 25.8 Å². The van der Waals surface area contributed by atoms with Gasteiger partial charge in [-0.05, 0) is 124 Å². The van der Waals surface area contributed by atoms with E-state index in [4.69, 9.17) is 21.9 Å². The lowest BCUT2D eigenvalue weighted by Crippen LogP contribution is -2.29. The molecule has 1 aromatic carbocycles. The number of nitrogens with one attached hydrogen (secondary N) is 1. The highest BCUT2D eigenvalue weighted by Crippen LogP contribution is 2.44. The fraction of sp³-hybridized carbons (Fsp3) is 0.323. The predicted molar refractivity (Wildman–Crippen MR) is 155 cm³/mol. The van der Waals surface area contributed by atoms with Crippen LogP contribution in [0.4, 0.5) is 5.69 Å². The summed E-state index contributed by atoms with van der Waals surface area (Å²) in [4.78, 5) is 11.6. The van der Waals surface area contributed by atoms with Gasteiger partial charge in [-0.2, -0.15) is 0 Å². The Morgan fingerprint density at radius 2 is 1.71 bits per heavy atom. The van der Waals surface area contributed by atoms with Gasteiger partial charge in [0.1, 0.15) is 11.6 Å². The summed E-state index contributed by atoms with van der Waals surface area (Å²) >= 11 is 5.96. The molecule has 4 aromatic rings. The van der Waals surface area contributed by atoms with Crippen LogP contribution in [0.25, 0.3) is 5.82 Å². The standard InChI is InChI=1S/C31H33N5OS/c1-20-15-17-33-28(18-20)35-21(2)19-26(22(35)3)30-29(27-10-6-7-16-32-27)34-31(38)36(30)23-11-13-25(14-12-23)37-24-8-4-5-9-24/h6-7,10-19,24,29-30H,4-5,8-9H2,1-3H3,(H,34,38)/t29-,30+/m0/s1. The molecule has 194 valence electrons. The molecule has 2 fully saturated rings. The molecule has 6 rings (SSSR count). The maximum absolute atomic E-state index is 6.23. The Labute approximate surface area is 229 Å². The molecule has 7 heteroatoms. The lowest BCUT2D eigenvalue weighted by molar-refractivity contribution is 0.210. The third-order valence-corrected chi connectivity index (χ3v) is 8.05. The third kappa shape index (κ3) is 4.56. The molecule has 6 nitrogen and oxygen atoms in total. The summed E-state index contributed by atoms with van der Waals surface area (Å²) < 4.78 is 8.46. The van der Waals surface area contributed by atoms with E-state index < -0.39 is 0 Å². The number of ether oxygens (including phenoxy) is 1. The van der Waals surface area contributed by atoms with Crippen LogP contribution in [0.15, 0.2) is 73.1 Å². The normalized spacial score (nSPS) is 19.7. The minimum absolute atomic E-state index is 0.0799. The second kappa shape index (κ2) is 10.2. The van der Waals surface area contributed by atoms with E-state index in [0.717, 1.165) is 47.2 Å². The summed E-state index contributed by atoms with van der Waals surface area (Å²) in [6.45, 7) is 6.40. The van der Waals surface area contributed by atoms with Gasteiger partial charge in [-0.15, -0.1) is 0 Å². The van der Waals surface area contributed by atoms with Crippen LogP contribution in [0.1, 0.15) is 66.0 Å². The maximum Gasteiger partial charge on any atom is 0.174 e. The van der Waals surface area contributed by atoms with Gasteiger partial charge in [0.05, 0.1) is 23.9 Å². The van der Waals surface area contributed by atoms with E-state index in [1.54, 1.807) is 0 Å². The molecule has 1 N–H and O–H groups in total. The zero-order chi connectivity index (χ0) is 26.2. The number of aromatic nitrogens is 3. The molecule has 2 atom stereocenters. The number of aryl methyl sites for hydroxylation is 2. The van der Waals surface area contributed by atoms with Crippen molar-refractivity contribution in [2.24, 2.45) is 0 Å². The molecule has 0 spiro atoms. The first-order valence-corrected chi connectivity index (χ1v) is 13.8. The van der Waals surface area contributed by atoms with E-state index in [0.29, 0.717) is 11.2 Å². The van der Waals surface area contributed by atoms with Crippen molar-refractivity contribution in [2.45, 2.75) is 64.6 Å². The van der Waals surface area contributed by atoms with Crippen molar-refractivity contribution in [1.29, 1.82) is 0 Å². The van der Waals surface area contributed by atoms with E-state index >= 15 is 0 Å². The van der Waals surface area contributed by atoms with Gasteiger partial charge < -0.3 is 19.5 Å². The molecule has 1 aliphatic heterocycles. The number of benzene rings is 1. The summed E-state index contributed by atoms with van der Waals surface area (Å²) in [5.74, 6) is 1.84. The monoisotopic (exact) mass is 523 g/mol. The predicted octanol–water partition coefficient (Wildman–Crippen LogP) is 6.69. The highest BCUT2D eigenvalue weighted by atomic mass is 32.1. The first-order valence-electron chi connectivity index (χ1n) is 13.4. The van der Waals surface area contributed by atoms with Crippen molar-refractivity contribution in [2.75, 3.05) is 4.90 Å². The van der Waals surface area contributed by atoms with Crippen LogP contribution >= 0.6 is 12.2 Å². The van der Waals surface area contributed by atoms with Crippen LogP contribution in [0.3, 0.4) is 0 Å². The highest BCUT2D eigenvalue weighted by molar-refractivity contribution is 7.80. The topological polar surface area (TPSA) is 55.2 Å². The van der Waals surface area contributed by atoms with Gasteiger partial charge in [0.2, 0.25) is 0 Å². The Kier molecular flexibility index (Phi) is 6.62. The zero-order valence-electron chi connectivity index (χ0n) is 22.1. The van der Waals surface area contributed by atoms with E-state index in [-0.39, 0.29) is 12.1 Å². The van der Waals surface area contributed by atoms with Crippen molar-refractivity contribution in [3.8, 4) is 11.6 Å². The zero-order valence-corrected chi connectivity index (χ0v) is 22.9. The lowest BCUT2D eigenvalue weighted by Gasteiger charge is -2.28. The average molecular weight is 524 g/mol. The van der Waals surface area contributed by atoms with E-state index in [2.05, 4.69) is 83.0 Å². The minimum atomic E-state index is -0.0995. The second-order valence-electron chi connectivity index (χ2n) is 10.4. The molecule has 38 heavy (non-hydrogen) atoms. The quantitative estimate of drug-likeness (QED) is 0.284. The van der Waals surface area contributed by atoms with Crippen LogP contribution < -0.4 is 15.0 Å². The fourth-order valence-electron chi connectivity index (χ4n) is 5.92. The van der Waals surface area contributed by atoms with Crippen LogP contribution in [0.2, 0.25) is 0 Å². The first-order chi connectivity index (χ1) is 18.5. The molecular formula is C31H33N5OS. The second-order valence-corrected chi connectivity index (χ2v) is 10.8. The van der Waals surface area contributed by atoms with Crippen LogP contribution in [-0.2, 0) is 0 Å². The van der Waals surface area contributed by atoms with E-state index in [9.17, 15) is 0 Å². The van der Waals surface area contributed by atoms with Gasteiger partial charge >= 0.3 is 0 Å². The molecule has 0 amide bonds. The number of hydrogen-bond acceptors (Lipinski definition) is 4. The summed E-state index contributed by atoms with van der Waals surface area (Å²) in [6.07, 6.45) is 8.83. The van der Waals surface area contributed by atoms with Gasteiger partial charge in [0, 0.05) is 29.5 Å². The molecule has 3 aromatic heterocycles. The molecule has 2 aliphatic rings. The minimum Gasteiger partial charge on any atom is -0.490 e. The summed E-state index contributed by atoms with van der Waals surface area (Å²) in [5, 5.41) is 4.27. The number of hydrogen-bond donors (Lipinski definition) is 1. The van der Waals surface area contributed by atoms with Crippen molar-refractivity contribution < 1.29 is 4.74 Å². The molecule has 4 heterocycles. The molecule has 0 bridgehead atoms. The third-order valence-electron chi connectivity index (χ3n) is 7.74. The Morgan fingerprint density at radius 3 is 2.42 bits per heavy atom. The van der Waals surface area contributed by atoms with E-state index in [1.165, 1.54) is 24.0 Å². The molecule has 1 saturated heterocycles. The smallest absolute Gasteiger partial charge is 0.174 e. The van der Waals surface area contributed by atoms with Gasteiger partial charge in [0.25, 0.3) is 0 Å². The summed E-state index contributed by atoms with van der Waals surface area (Å²) in [6, 6.07) is 20.7. The summed E-state index contributed by atoms with van der Waals surface area (Å²) in [5.41, 5.74) is 6.64. The summed E-state index contributed by atoms with van der Waals surface area (Å²) in [7, 11) is 0.